The van der Waals surface area contributed by atoms with Crippen LogP contribution in [0.25, 0.3) is 0 Å². The number of esters is 1. The molecular weight excluding hydrogens is 358 g/mol. The molecule has 26 heavy (non-hydrogen) atoms. The highest BCUT2D eigenvalue weighted by molar-refractivity contribution is 7.99. The maximum atomic E-state index is 12.1. The number of nitrogens with zero attached hydrogens (tertiary/aromatic N) is 1. The van der Waals surface area contributed by atoms with Crippen LogP contribution in [0.1, 0.15) is 23.0 Å². The number of rotatable bonds is 7. The highest BCUT2D eigenvalue weighted by Crippen LogP contribution is 2.15. The average molecular weight is 375 g/mol. The number of carbonyl (C=O) groups is 3. The lowest BCUT2D eigenvalue weighted by molar-refractivity contribution is -0.139. The molecule has 0 saturated carbocycles. The number of hydrogen-bond acceptors (Lipinski definition) is 7. The zero-order valence-corrected chi connectivity index (χ0v) is 15.0. The summed E-state index contributed by atoms with van der Waals surface area (Å²) >= 11 is 1.02. The minimum absolute atomic E-state index is 0.00504. The van der Waals surface area contributed by atoms with Crippen LogP contribution in [0.15, 0.2) is 40.3 Å². The van der Waals surface area contributed by atoms with Gasteiger partial charge in [0, 0.05) is 17.3 Å². The number of Topliss-reactive ketones (excluding diaryl/α,β-unsaturated/α-hetero) is 1. The Hall–Kier alpha value is -2.94. The van der Waals surface area contributed by atoms with Crippen LogP contribution < -0.4 is 10.9 Å². The number of thioether (sulfide) groups is 1. The highest BCUT2D eigenvalue weighted by Gasteiger charge is 2.10. The van der Waals surface area contributed by atoms with Crippen molar-refractivity contribution in [2.75, 3.05) is 18.2 Å². The predicted octanol–water partition coefficient (Wildman–Crippen LogP) is 1.42. The molecule has 0 spiro atoms. The molecule has 0 atom stereocenters. The van der Waals surface area contributed by atoms with Crippen LogP contribution >= 0.6 is 11.8 Å². The quantitative estimate of drug-likeness (QED) is 0.325. The van der Waals surface area contributed by atoms with E-state index in [2.05, 4.69) is 20.0 Å². The number of H-pyrrole nitrogens is 1. The van der Waals surface area contributed by atoms with Crippen LogP contribution in [0.2, 0.25) is 0 Å². The molecule has 8 nitrogen and oxygen atoms in total. The lowest BCUT2D eigenvalue weighted by Crippen LogP contribution is -2.17. The molecule has 0 aliphatic carbocycles. The van der Waals surface area contributed by atoms with Crippen molar-refractivity contribution >= 4 is 35.1 Å². The van der Waals surface area contributed by atoms with Crippen LogP contribution in [-0.2, 0) is 20.7 Å². The van der Waals surface area contributed by atoms with Gasteiger partial charge >= 0.3 is 5.97 Å². The summed E-state index contributed by atoms with van der Waals surface area (Å²) in [6.07, 6.45) is -0.127. The van der Waals surface area contributed by atoms with E-state index in [1.165, 1.54) is 20.1 Å². The van der Waals surface area contributed by atoms with E-state index in [0.717, 1.165) is 11.8 Å². The third-order valence-corrected chi connectivity index (χ3v) is 4.09. The van der Waals surface area contributed by atoms with Gasteiger partial charge in [-0.05, 0) is 19.1 Å². The van der Waals surface area contributed by atoms with Crippen molar-refractivity contribution in [2.24, 2.45) is 0 Å². The minimum Gasteiger partial charge on any atom is -0.469 e. The van der Waals surface area contributed by atoms with Crippen LogP contribution in [0.4, 0.5) is 5.69 Å². The zero-order chi connectivity index (χ0) is 19.1. The first kappa shape index (κ1) is 19.4. The van der Waals surface area contributed by atoms with Gasteiger partial charge < -0.3 is 15.0 Å². The number of aromatic nitrogens is 2. The fourth-order valence-corrected chi connectivity index (χ4v) is 2.70. The molecule has 1 heterocycles. The van der Waals surface area contributed by atoms with Crippen LogP contribution in [0.5, 0.6) is 0 Å². The molecular formula is C17H17N3O5S. The maximum Gasteiger partial charge on any atom is 0.311 e. The fourth-order valence-electron chi connectivity index (χ4n) is 2.01. The van der Waals surface area contributed by atoms with Crippen molar-refractivity contribution in [3.8, 4) is 0 Å². The number of aromatic amines is 1. The van der Waals surface area contributed by atoms with E-state index in [9.17, 15) is 19.2 Å². The molecule has 0 fully saturated rings. The lowest BCUT2D eigenvalue weighted by Gasteiger charge is -2.06. The van der Waals surface area contributed by atoms with Crippen LogP contribution in [0.3, 0.4) is 0 Å². The van der Waals surface area contributed by atoms with Gasteiger partial charge in [-0.3, -0.25) is 19.2 Å². The van der Waals surface area contributed by atoms with E-state index in [1.807, 2.05) is 0 Å². The second kappa shape index (κ2) is 8.95. The van der Waals surface area contributed by atoms with Gasteiger partial charge in [0.05, 0.1) is 25.0 Å². The topological polar surface area (TPSA) is 118 Å². The first-order valence-corrected chi connectivity index (χ1v) is 8.56. The van der Waals surface area contributed by atoms with Gasteiger partial charge in [-0.25, -0.2) is 4.98 Å². The van der Waals surface area contributed by atoms with E-state index in [4.69, 9.17) is 0 Å². The molecule has 2 N–H and O–H groups in total. The first-order chi connectivity index (χ1) is 12.4. The zero-order valence-electron chi connectivity index (χ0n) is 14.2. The molecule has 136 valence electrons. The van der Waals surface area contributed by atoms with Crippen molar-refractivity contribution in [2.45, 2.75) is 18.5 Å². The van der Waals surface area contributed by atoms with E-state index in [0.29, 0.717) is 11.3 Å². The van der Waals surface area contributed by atoms with Gasteiger partial charge in [0.25, 0.3) is 5.56 Å². The fraction of sp³-hybridized carbons (Fsp3) is 0.235. The van der Waals surface area contributed by atoms with Gasteiger partial charge in [0.1, 0.15) is 0 Å². The van der Waals surface area contributed by atoms with Gasteiger partial charge in [0.2, 0.25) is 5.91 Å². The van der Waals surface area contributed by atoms with Crippen molar-refractivity contribution in [1.29, 1.82) is 0 Å². The van der Waals surface area contributed by atoms with E-state index in [-0.39, 0.29) is 34.7 Å². The summed E-state index contributed by atoms with van der Waals surface area (Å²) in [5, 5.41) is 2.90. The summed E-state index contributed by atoms with van der Waals surface area (Å²) in [6.45, 7) is 1.44. The lowest BCUT2D eigenvalue weighted by atomic mass is 10.1. The summed E-state index contributed by atoms with van der Waals surface area (Å²) in [4.78, 5) is 52.9. The second-order valence-electron chi connectivity index (χ2n) is 5.27. The summed E-state index contributed by atoms with van der Waals surface area (Å²) in [6, 6.07) is 7.80. The summed E-state index contributed by atoms with van der Waals surface area (Å²) in [5.74, 6) is -0.937. The highest BCUT2D eigenvalue weighted by atomic mass is 32.2. The molecule has 1 aromatic heterocycles. The van der Waals surface area contributed by atoms with Crippen LogP contribution in [0, 0.1) is 0 Å². The Morgan fingerprint density at radius 3 is 2.73 bits per heavy atom. The standard InChI is InChI=1S/C17H17N3O5S/c1-10(21)11-4-3-5-12(6-11)18-15(23)9-26-17-19-13(7-14(22)20-17)8-16(24)25-2/h3-7H,8-9H2,1-2H3,(H,18,23)(H,19,20,22). The summed E-state index contributed by atoms with van der Waals surface area (Å²) < 4.78 is 4.54. The smallest absolute Gasteiger partial charge is 0.311 e. The number of benzene rings is 1. The molecule has 0 aliphatic rings. The SMILES string of the molecule is COC(=O)Cc1cc(=O)[nH]c(SCC(=O)Nc2cccc(C(C)=O)c2)n1. The maximum absolute atomic E-state index is 12.1. The Morgan fingerprint density at radius 1 is 1.27 bits per heavy atom. The Bertz CT molecular complexity index is 894. The Labute approximate surface area is 153 Å². The van der Waals surface area contributed by atoms with Gasteiger partial charge in [0.15, 0.2) is 10.9 Å². The average Bonchev–Trinajstić information content (AvgIpc) is 2.59. The second-order valence-corrected chi connectivity index (χ2v) is 6.23. The van der Waals surface area contributed by atoms with Crippen molar-refractivity contribution in [3.05, 3.63) is 51.9 Å². The van der Waals surface area contributed by atoms with E-state index < -0.39 is 11.5 Å². The molecule has 2 aromatic rings. The van der Waals surface area contributed by atoms with Gasteiger partial charge in [-0.1, -0.05) is 23.9 Å². The number of ether oxygens (including phenoxy) is 1. The Kier molecular flexibility index (Phi) is 6.67. The third-order valence-electron chi connectivity index (χ3n) is 3.22. The van der Waals surface area contributed by atoms with Crippen molar-refractivity contribution in [3.63, 3.8) is 0 Å². The van der Waals surface area contributed by atoms with Gasteiger partial charge in [-0.2, -0.15) is 0 Å². The van der Waals surface area contributed by atoms with E-state index >= 15 is 0 Å². The van der Waals surface area contributed by atoms with Crippen molar-refractivity contribution in [1.82, 2.24) is 9.97 Å². The third kappa shape index (κ3) is 5.85. The molecule has 0 radical (unpaired) electrons. The number of anilines is 1. The number of ketones is 1. The van der Waals surface area contributed by atoms with E-state index in [1.54, 1.807) is 24.3 Å². The van der Waals surface area contributed by atoms with Gasteiger partial charge in [-0.15, -0.1) is 0 Å². The number of methoxy groups -OCH3 is 1. The molecule has 2 rings (SSSR count). The molecule has 0 saturated heterocycles. The molecule has 0 unspecified atom stereocenters. The Balaban J connectivity index is 1.99. The van der Waals surface area contributed by atoms with Crippen molar-refractivity contribution < 1.29 is 19.1 Å². The number of nitrogens with one attached hydrogen (secondary N) is 2. The monoisotopic (exact) mass is 375 g/mol. The molecule has 1 amide bonds. The van der Waals surface area contributed by atoms with Crippen LogP contribution in [-0.4, -0.2) is 40.5 Å². The number of hydrogen-bond donors (Lipinski definition) is 2. The molecule has 0 aliphatic heterocycles. The number of amides is 1. The molecule has 1 aromatic carbocycles. The minimum atomic E-state index is -0.512. The summed E-state index contributed by atoms with van der Waals surface area (Å²) in [7, 11) is 1.25. The largest absolute Gasteiger partial charge is 0.469 e. The normalized spacial score (nSPS) is 10.2. The summed E-state index contributed by atoms with van der Waals surface area (Å²) in [5.41, 5.74) is 0.842. The number of carbonyl (C=O) groups excluding carboxylic acids is 3. The molecule has 9 heteroatoms. The Morgan fingerprint density at radius 2 is 2.04 bits per heavy atom. The molecule has 0 bridgehead atoms. The predicted molar refractivity (Wildman–Crippen MR) is 96.4 cm³/mol. The first-order valence-electron chi connectivity index (χ1n) is 7.58.